The SMILES string of the molecule is CC(C)(C)NC(=O)c1ccc(C(=O)Nc2ccc(SCc3cccnc3)cc2)cc1. The number of anilines is 1. The number of rotatable bonds is 6. The molecule has 1 aromatic heterocycles. The highest BCUT2D eigenvalue weighted by Crippen LogP contribution is 2.24. The predicted octanol–water partition coefficient (Wildman–Crippen LogP) is 5.15. The Bertz CT molecular complexity index is 995. The van der Waals surface area contributed by atoms with Crippen LogP contribution in [0.15, 0.2) is 78.0 Å². The highest BCUT2D eigenvalue weighted by molar-refractivity contribution is 7.98. The molecular weight excluding hydrogens is 394 g/mol. The van der Waals surface area contributed by atoms with Crippen LogP contribution in [0.3, 0.4) is 0 Å². The third-order valence-corrected chi connectivity index (χ3v) is 5.22. The molecule has 3 rings (SSSR count). The minimum Gasteiger partial charge on any atom is -0.347 e. The molecule has 30 heavy (non-hydrogen) atoms. The van der Waals surface area contributed by atoms with E-state index in [-0.39, 0.29) is 17.4 Å². The van der Waals surface area contributed by atoms with Crippen molar-refractivity contribution < 1.29 is 9.59 Å². The summed E-state index contributed by atoms with van der Waals surface area (Å²) in [6, 6.07) is 18.3. The number of aromatic nitrogens is 1. The Kier molecular flexibility index (Phi) is 6.90. The maximum Gasteiger partial charge on any atom is 0.255 e. The molecule has 0 aliphatic rings. The number of nitrogens with one attached hydrogen (secondary N) is 2. The van der Waals surface area contributed by atoms with E-state index in [2.05, 4.69) is 15.6 Å². The van der Waals surface area contributed by atoms with Crippen LogP contribution in [-0.4, -0.2) is 22.3 Å². The molecule has 0 saturated heterocycles. The lowest BCUT2D eigenvalue weighted by Crippen LogP contribution is -2.40. The van der Waals surface area contributed by atoms with Gasteiger partial charge < -0.3 is 10.6 Å². The fourth-order valence-electron chi connectivity index (χ4n) is 2.67. The molecule has 0 aliphatic carbocycles. The van der Waals surface area contributed by atoms with Gasteiger partial charge in [0.25, 0.3) is 11.8 Å². The summed E-state index contributed by atoms with van der Waals surface area (Å²) < 4.78 is 0. The summed E-state index contributed by atoms with van der Waals surface area (Å²) in [5.74, 6) is 0.469. The van der Waals surface area contributed by atoms with Gasteiger partial charge in [0.2, 0.25) is 0 Å². The van der Waals surface area contributed by atoms with E-state index in [1.807, 2.05) is 63.4 Å². The van der Waals surface area contributed by atoms with E-state index in [9.17, 15) is 9.59 Å². The van der Waals surface area contributed by atoms with Crippen molar-refractivity contribution in [3.63, 3.8) is 0 Å². The first-order valence-corrected chi connectivity index (χ1v) is 10.6. The number of pyridine rings is 1. The fourth-order valence-corrected chi connectivity index (χ4v) is 3.51. The average Bonchev–Trinajstić information content (AvgIpc) is 2.73. The molecule has 0 aliphatic heterocycles. The molecule has 2 amide bonds. The van der Waals surface area contributed by atoms with Crippen LogP contribution in [0.2, 0.25) is 0 Å². The number of hydrogen-bond acceptors (Lipinski definition) is 4. The van der Waals surface area contributed by atoms with Crippen molar-refractivity contribution in [3.8, 4) is 0 Å². The van der Waals surface area contributed by atoms with Crippen LogP contribution in [0.4, 0.5) is 5.69 Å². The Morgan fingerprint density at radius 1 is 0.900 bits per heavy atom. The van der Waals surface area contributed by atoms with Gasteiger partial charge in [0.05, 0.1) is 0 Å². The van der Waals surface area contributed by atoms with E-state index >= 15 is 0 Å². The third kappa shape index (κ3) is 6.46. The van der Waals surface area contributed by atoms with Crippen molar-refractivity contribution in [2.45, 2.75) is 37.0 Å². The second-order valence-electron chi connectivity index (χ2n) is 7.91. The smallest absolute Gasteiger partial charge is 0.255 e. The molecule has 0 unspecified atom stereocenters. The maximum absolute atomic E-state index is 12.5. The quantitative estimate of drug-likeness (QED) is 0.542. The van der Waals surface area contributed by atoms with Crippen LogP contribution < -0.4 is 10.6 Å². The Hall–Kier alpha value is -3.12. The summed E-state index contributed by atoms with van der Waals surface area (Å²) in [7, 11) is 0. The summed E-state index contributed by atoms with van der Waals surface area (Å²) in [5.41, 5.74) is 2.60. The van der Waals surface area contributed by atoms with Crippen molar-refractivity contribution in [2.75, 3.05) is 5.32 Å². The van der Waals surface area contributed by atoms with Gasteiger partial charge in [0, 0.05) is 45.4 Å². The van der Waals surface area contributed by atoms with Crippen molar-refractivity contribution in [3.05, 3.63) is 89.7 Å². The normalized spacial score (nSPS) is 11.0. The van der Waals surface area contributed by atoms with Gasteiger partial charge in [-0.15, -0.1) is 11.8 Å². The van der Waals surface area contributed by atoms with Crippen molar-refractivity contribution >= 4 is 29.3 Å². The van der Waals surface area contributed by atoms with E-state index in [1.54, 1.807) is 42.2 Å². The first kappa shape index (κ1) is 21.6. The Balaban J connectivity index is 1.56. The highest BCUT2D eigenvalue weighted by atomic mass is 32.2. The molecule has 0 fully saturated rings. The summed E-state index contributed by atoms with van der Waals surface area (Å²) in [6.07, 6.45) is 3.62. The summed E-state index contributed by atoms with van der Waals surface area (Å²) in [6.45, 7) is 5.78. The van der Waals surface area contributed by atoms with Crippen LogP contribution in [0.1, 0.15) is 47.1 Å². The van der Waals surface area contributed by atoms with E-state index in [4.69, 9.17) is 0 Å². The second kappa shape index (κ2) is 9.59. The predicted molar refractivity (Wildman–Crippen MR) is 122 cm³/mol. The number of carbonyl (C=O) groups is 2. The number of hydrogen-bond donors (Lipinski definition) is 2. The largest absolute Gasteiger partial charge is 0.347 e. The van der Waals surface area contributed by atoms with Crippen LogP contribution >= 0.6 is 11.8 Å². The fraction of sp³-hybridized carbons (Fsp3) is 0.208. The lowest BCUT2D eigenvalue weighted by atomic mass is 10.1. The number of nitrogens with zero attached hydrogens (tertiary/aromatic N) is 1. The molecule has 3 aromatic rings. The zero-order chi connectivity index (χ0) is 21.6. The first-order chi connectivity index (χ1) is 14.3. The number of thioether (sulfide) groups is 1. The lowest BCUT2D eigenvalue weighted by Gasteiger charge is -2.20. The number of carbonyl (C=O) groups excluding carboxylic acids is 2. The number of benzene rings is 2. The zero-order valence-corrected chi connectivity index (χ0v) is 18.1. The molecule has 2 N–H and O–H groups in total. The van der Waals surface area contributed by atoms with Crippen molar-refractivity contribution in [2.24, 2.45) is 0 Å². The second-order valence-corrected chi connectivity index (χ2v) is 8.96. The van der Waals surface area contributed by atoms with E-state index in [1.165, 1.54) is 5.56 Å². The van der Waals surface area contributed by atoms with Crippen LogP contribution in [0, 0.1) is 0 Å². The Labute approximate surface area is 181 Å². The van der Waals surface area contributed by atoms with Gasteiger partial charge in [-0.3, -0.25) is 14.6 Å². The Morgan fingerprint density at radius 2 is 1.53 bits per heavy atom. The summed E-state index contributed by atoms with van der Waals surface area (Å²) in [5, 5.41) is 5.79. The molecule has 1 heterocycles. The Morgan fingerprint density at radius 3 is 2.10 bits per heavy atom. The molecule has 0 spiro atoms. The topological polar surface area (TPSA) is 71.1 Å². The van der Waals surface area contributed by atoms with Crippen molar-refractivity contribution in [1.82, 2.24) is 10.3 Å². The van der Waals surface area contributed by atoms with Crippen LogP contribution in [0.5, 0.6) is 0 Å². The van der Waals surface area contributed by atoms with Crippen LogP contribution in [-0.2, 0) is 5.75 Å². The standard InChI is InChI=1S/C24H25N3O2S/c1-24(2,3)27-23(29)19-8-6-18(7-9-19)22(28)26-20-10-12-21(13-11-20)30-16-17-5-4-14-25-15-17/h4-15H,16H2,1-3H3,(H,26,28)(H,27,29). The summed E-state index contributed by atoms with van der Waals surface area (Å²) in [4.78, 5) is 29.9. The molecule has 5 nitrogen and oxygen atoms in total. The summed E-state index contributed by atoms with van der Waals surface area (Å²) >= 11 is 1.71. The molecule has 0 atom stereocenters. The molecule has 2 aromatic carbocycles. The van der Waals surface area contributed by atoms with Gasteiger partial charge in [-0.05, 0) is 80.9 Å². The molecule has 0 bridgehead atoms. The van der Waals surface area contributed by atoms with E-state index < -0.39 is 0 Å². The number of amides is 2. The minimum absolute atomic E-state index is 0.158. The van der Waals surface area contributed by atoms with Gasteiger partial charge >= 0.3 is 0 Å². The molecular formula is C24H25N3O2S. The van der Waals surface area contributed by atoms with Gasteiger partial charge in [-0.25, -0.2) is 0 Å². The minimum atomic E-state index is -0.310. The zero-order valence-electron chi connectivity index (χ0n) is 17.3. The third-order valence-electron chi connectivity index (χ3n) is 4.14. The van der Waals surface area contributed by atoms with Gasteiger partial charge in [0.15, 0.2) is 0 Å². The first-order valence-electron chi connectivity index (χ1n) is 9.66. The van der Waals surface area contributed by atoms with Gasteiger partial charge in [0.1, 0.15) is 0 Å². The highest BCUT2D eigenvalue weighted by Gasteiger charge is 2.15. The lowest BCUT2D eigenvalue weighted by molar-refractivity contribution is 0.0918. The molecule has 6 heteroatoms. The van der Waals surface area contributed by atoms with E-state index in [0.29, 0.717) is 11.1 Å². The van der Waals surface area contributed by atoms with Gasteiger partial charge in [-0.2, -0.15) is 0 Å². The average molecular weight is 420 g/mol. The molecule has 154 valence electrons. The molecule has 0 radical (unpaired) electrons. The van der Waals surface area contributed by atoms with Gasteiger partial charge in [-0.1, -0.05) is 6.07 Å². The monoisotopic (exact) mass is 419 g/mol. The van der Waals surface area contributed by atoms with Crippen LogP contribution in [0.25, 0.3) is 0 Å². The maximum atomic E-state index is 12.5. The van der Waals surface area contributed by atoms with E-state index in [0.717, 1.165) is 16.3 Å². The molecule has 0 saturated carbocycles. The van der Waals surface area contributed by atoms with Crippen molar-refractivity contribution in [1.29, 1.82) is 0 Å².